The van der Waals surface area contributed by atoms with Crippen molar-refractivity contribution in [3.63, 3.8) is 0 Å². The molecule has 4 rings (SSSR count). The molecule has 156 valence electrons. The molecule has 5 atom stereocenters. The molecule has 0 aromatic heterocycles. The Kier molecular flexibility index (Phi) is 6.04. The van der Waals surface area contributed by atoms with E-state index in [0.29, 0.717) is 6.54 Å². The van der Waals surface area contributed by atoms with Gasteiger partial charge in [-0.15, -0.1) is 0 Å². The molecule has 3 unspecified atom stereocenters. The molecule has 3 N–H and O–H groups in total. The lowest BCUT2D eigenvalue weighted by atomic mass is 9.83. The fraction of sp³-hybridized carbons (Fsp3) is 0.636. The molecular formula is C22H32N6O. The molecule has 2 heterocycles. The summed E-state index contributed by atoms with van der Waals surface area (Å²) < 4.78 is 0. The molecule has 1 amide bonds. The highest BCUT2D eigenvalue weighted by Gasteiger charge is 2.51. The van der Waals surface area contributed by atoms with Crippen molar-refractivity contribution in [1.82, 2.24) is 20.7 Å². The van der Waals surface area contributed by atoms with Gasteiger partial charge < -0.3 is 15.5 Å². The fourth-order valence-electron chi connectivity index (χ4n) is 5.20. The van der Waals surface area contributed by atoms with Gasteiger partial charge in [0, 0.05) is 30.9 Å². The van der Waals surface area contributed by atoms with Crippen LogP contribution in [0.2, 0.25) is 0 Å². The van der Waals surface area contributed by atoms with Gasteiger partial charge in [-0.1, -0.05) is 25.0 Å². The number of nitrogens with zero attached hydrogens (tertiary/aromatic N) is 3. The Labute approximate surface area is 173 Å². The number of hydrogen-bond acceptors (Lipinski definition) is 6. The molecule has 3 fully saturated rings. The number of nitrogens with one attached hydrogen (secondary N) is 3. The summed E-state index contributed by atoms with van der Waals surface area (Å²) in [5.74, 6) is -0.0332. The van der Waals surface area contributed by atoms with Crippen LogP contribution in [-0.4, -0.2) is 54.7 Å². The number of benzene rings is 1. The maximum Gasteiger partial charge on any atom is 0.228 e. The number of piperidine rings is 1. The van der Waals surface area contributed by atoms with E-state index in [1.54, 1.807) is 0 Å². The second-order valence-electron chi connectivity index (χ2n) is 8.86. The first-order chi connectivity index (χ1) is 14.1. The van der Waals surface area contributed by atoms with E-state index in [0.717, 1.165) is 44.3 Å². The predicted molar refractivity (Wildman–Crippen MR) is 112 cm³/mol. The van der Waals surface area contributed by atoms with Gasteiger partial charge in [0.05, 0.1) is 17.9 Å². The zero-order valence-electron chi connectivity index (χ0n) is 17.4. The molecule has 3 aliphatic rings. The van der Waals surface area contributed by atoms with Crippen LogP contribution in [0.1, 0.15) is 37.7 Å². The van der Waals surface area contributed by atoms with Crippen molar-refractivity contribution < 1.29 is 4.79 Å². The van der Waals surface area contributed by atoms with E-state index in [4.69, 9.17) is 0 Å². The molecule has 7 nitrogen and oxygen atoms in total. The number of anilines is 1. The molecule has 2 saturated heterocycles. The molecular weight excluding hydrogens is 364 g/mol. The third kappa shape index (κ3) is 4.25. The van der Waals surface area contributed by atoms with Crippen molar-refractivity contribution in [2.75, 3.05) is 26.0 Å². The van der Waals surface area contributed by atoms with E-state index >= 15 is 0 Å². The van der Waals surface area contributed by atoms with Crippen molar-refractivity contribution >= 4 is 11.6 Å². The first-order valence-electron chi connectivity index (χ1n) is 10.8. The monoisotopic (exact) mass is 396 g/mol. The third-order valence-electron chi connectivity index (χ3n) is 6.46. The lowest BCUT2D eigenvalue weighted by Crippen LogP contribution is -2.54. The third-order valence-corrected chi connectivity index (χ3v) is 6.46. The van der Waals surface area contributed by atoms with Gasteiger partial charge in [0.25, 0.3) is 0 Å². The van der Waals surface area contributed by atoms with Crippen molar-refractivity contribution in [3.05, 3.63) is 29.8 Å². The highest BCUT2D eigenvalue weighted by atomic mass is 16.2. The lowest BCUT2D eigenvalue weighted by Gasteiger charge is -2.39. The summed E-state index contributed by atoms with van der Waals surface area (Å²) in [7, 11) is 4.12. The zero-order chi connectivity index (χ0) is 20.4. The number of nitriles is 1. The van der Waals surface area contributed by atoms with Gasteiger partial charge in [0.1, 0.15) is 6.17 Å². The van der Waals surface area contributed by atoms with E-state index in [9.17, 15) is 10.1 Å². The number of carbonyl (C=O) groups excluding carboxylic acids is 1. The number of hydrogen-bond donors (Lipinski definition) is 3. The summed E-state index contributed by atoms with van der Waals surface area (Å²) in [6.07, 6.45) is 4.98. The number of carbonyl (C=O) groups is 1. The summed E-state index contributed by atoms with van der Waals surface area (Å²) in [5, 5.41) is 18.5. The van der Waals surface area contributed by atoms with Crippen LogP contribution in [0.25, 0.3) is 0 Å². The Morgan fingerprint density at radius 3 is 2.86 bits per heavy atom. The topological polar surface area (TPSA) is 83.4 Å². The van der Waals surface area contributed by atoms with Gasteiger partial charge in [-0.05, 0) is 51.1 Å². The van der Waals surface area contributed by atoms with Gasteiger partial charge in [0.15, 0.2) is 0 Å². The SMILES string of the molecule is CN(C)Cc1cccc(NC2NN([C@H]3CCCC[C@@H]3C#N)C3CCNC(=O)C23)c1. The van der Waals surface area contributed by atoms with Crippen LogP contribution < -0.4 is 16.1 Å². The van der Waals surface area contributed by atoms with Crippen LogP contribution >= 0.6 is 0 Å². The Morgan fingerprint density at radius 1 is 1.24 bits per heavy atom. The van der Waals surface area contributed by atoms with E-state index < -0.39 is 0 Å². The second kappa shape index (κ2) is 8.70. The van der Waals surface area contributed by atoms with Crippen molar-refractivity contribution in [2.24, 2.45) is 11.8 Å². The highest BCUT2D eigenvalue weighted by Crippen LogP contribution is 2.36. The summed E-state index contributed by atoms with van der Waals surface area (Å²) in [5.41, 5.74) is 5.85. The zero-order valence-corrected chi connectivity index (χ0v) is 17.4. The maximum atomic E-state index is 12.8. The summed E-state index contributed by atoms with van der Waals surface area (Å²) in [6.45, 7) is 1.57. The number of fused-ring (bicyclic) bond motifs is 1. The summed E-state index contributed by atoms with van der Waals surface area (Å²) in [6, 6.07) is 11.2. The van der Waals surface area contributed by atoms with Gasteiger partial charge in [0.2, 0.25) is 5.91 Å². The van der Waals surface area contributed by atoms with Crippen LogP contribution in [-0.2, 0) is 11.3 Å². The van der Waals surface area contributed by atoms with Crippen LogP contribution in [0, 0.1) is 23.2 Å². The molecule has 1 aliphatic carbocycles. The van der Waals surface area contributed by atoms with Crippen LogP contribution in [0.15, 0.2) is 24.3 Å². The lowest BCUT2D eigenvalue weighted by molar-refractivity contribution is -0.128. The molecule has 29 heavy (non-hydrogen) atoms. The van der Waals surface area contributed by atoms with Gasteiger partial charge in [-0.3, -0.25) is 4.79 Å². The highest BCUT2D eigenvalue weighted by molar-refractivity contribution is 5.82. The standard InChI is InChI=1S/C22H32N6O/c1-27(2)14-15-6-5-8-17(12-15)25-21-20-19(10-11-24-22(20)29)28(26-21)18-9-4-3-7-16(18)13-23/h5-6,8,12,16,18-21,25-26H,3-4,7,9-11,14H2,1-2H3,(H,24,29)/t16-,18+,19?,20?,21?/m1/s1. The molecule has 1 saturated carbocycles. The van der Waals surface area contributed by atoms with Crippen LogP contribution in [0.5, 0.6) is 0 Å². The van der Waals surface area contributed by atoms with E-state index in [2.05, 4.69) is 70.4 Å². The minimum Gasteiger partial charge on any atom is -0.368 e. The van der Waals surface area contributed by atoms with Crippen molar-refractivity contribution in [1.29, 1.82) is 5.26 Å². The minimum atomic E-state index is -0.170. The van der Waals surface area contributed by atoms with Gasteiger partial charge in [-0.2, -0.15) is 5.26 Å². The van der Waals surface area contributed by atoms with Crippen LogP contribution in [0.4, 0.5) is 5.69 Å². The van der Waals surface area contributed by atoms with Gasteiger partial charge in [-0.25, -0.2) is 10.4 Å². The predicted octanol–water partition coefficient (Wildman–Crippen LogP) is 1.89. The Morgan fingerprint density at radius 2 is 2.07 bits per heavy atom. The average molecular weight is 397 g/mol. The normalized spacial score (nSPS) is 32.5. The van der Waals surface area contributed by atoms with Crippen LogP contribution in [0.3, 0.4) is 0 Å². The Bertz CT molecular complexity index is 775. The molecule has 0 spiro atoms. The van der Waals surface area contributed by atoms with Gasteiger partial charge >= 0.3 is 0 Å². The molecule has 0 bridgehead atoms. The van der Waals surface area contributed by atoms with E-state index in [1.807, 2.05) is 0 Å². The summed E-state index contributed by atoms with van der Waals surface area (Å²) >= 11 is 0. The second-order valence-corrected chi connectivity index (χ2v) is 8.86. The minimum absolute atomic E-state index is 0.0315. The Balaban J connectivity index is 1.55. The van der Waals surface area contributed by atoms with E-state index in [-0.39, 0.29) is 36.0 Å². The molecule has 2 aliphatic heterocycles. The molecule has 1 aromatic rings. The smallest absolute Gasteiger partial charge is 0.228 e. The molecule has 1 aromatic carbocycles. The number of rotatable bonds is 5. The average Bonchev–Trinajstić information content (AvgIpc) is 3.07. The first-order valence-corrected chi connectivity index (χ1v) is 10.8. The van der Waals surface area contributed by atoms with E-state index in [1.165, 1.54) is 5.56 Å². The largest absolute Gasteiger partial charge is 0.368 e. The first kappa shape index (κ1) is 20.1. The summed E-state index contributed by atoms with van der Waals surface area (Å²) in [4.78, 5) is 14.9. The van der Waals surface area contributed by atoms with Crippen molar-refractivity contribution in [3.8, 4) is 6.07 Å². The quantitative estimate of drug-likeness (QED) is 0.705. The number of amides is 1. The van der Waals surface area contributed by atoms with Crippen molar-refractivity contribution in [2.45, 2.75) is 56.9 Å². The molecule has 7 heteroatoms. The maximum absolute atomic E-state index is 12.8. The molecule has 0 radical (unpaired) electrons. The fourth-order valence-corrected chi connectivity index (χ4v) is 5.20. The Hall–Kier alpha value is -2.14. The number of hydrazine groups is 1.